The summed E-state index contributed by atoms with van der Waals surface area (Å²) in [6.07, 6.45) is 4.05. The van der Waals surface area contributed by atoms with Crippen molar-refractivity contribution < 1.29 is 19.1 Å². The van der Waals surface area contributed by atoms with Crippen molar-refractivity contribution in [3.63, 3.8) is 0 Å². The Hall–Kier alpha value is -1.88. The fourth-order valence-electron chi connectivity index (χ4n) is 3.44. The van der Waals surface area contributed by atoms with Crippen molar-refractivity contribution >= 4 is 11.9 Å². The summed E-state index contributed by atoms with van der Waals surface area (Å²) in [5.74, 6) is -0.304. The molecule has 130 valence electrons. The molecule has 0 aromatic heterocycles. The third kappa shape index (κ3) is 3.78. The van der Waals surface area contributed by atoms with Crippen LogP contribution in [0.2, 0.25) is 0 Å². The summed E-state index contributed by atoms with van der Waals surface area (Å²) < 4.78 is 11.2. The first-order valence-electron chi connectivity index (χ1n) is 8.88. The normalized spacial score (nSPS) is 22.8. The number of nitrogens with zero attached hydrogens (tertiary/aromatic N) is 1. The molecule has 2 aliphatic heterocycles. The van der Waals surface area contributed by atoms with Crippen LogP contribution >= 0.6 is 0 Å². The average Bonchev–Trinajstić information content (AvgIpc) is 2.92. The molecule has 0 spiro atoms. The van der Waals surface area contributed by atoms with Gasteiger partial charge in [0.25, 0.3) is 0 Å². The molecule has 3 rings (SSSR count). The van der Waals surface area contributed by atoms with E-state index in [2.05, 4.69) is 6.92 Å². The molecule has 0 aliphatic carbocycles. The minimum absolute atomic E-state index is 0.0283. The van der Waals surface area contributed by atoms with Crippen LogP contribution in [0.15, 0.2) is 24.3 Å². The van der Waals surface area contributed by atoms with Crippen LogP contribution in [0.4, 0.5) is 0 Å². The van der Waals surface area contributed by atoms with Crippen LogP contribution in [-0.4, -0.2) is 42.6 Å². The molecule has 1 aromatic rings. The molecular formula is C19H25NO4. The number of cyclic esters (lactones) is 1. The van der Waals surface area contributed by atoms with Gasteiger partial charge < -0.3 is 14.4 Å². The molecule has 1 saturated heterocycles. The number of fused-ring (bicyclic) bond motifs is 1. The molecule has 0 unspecified atom stereocenters. The summed E-state index contributed by atoms with van der Waals surface area (Å²) in [7, 11) is 0. The van der Waals surface area contributed by atoms with E-state index in [1.807, 2.05) is 23.1 Å². The highest BCUT2D eigenvalue weighted by atomic mass is 16.5. The van der Waals surface area contributed by atoms with E-state index in [1.54, 1.807) is 6.07 Å². The molecule has 1 fully saturated rings. The molecule has 0 bridgehead atoms. The maximum absolute atomic E-state index is 12.8. The summed E-state index contributed by atoms with van der Waals surface area (Å²) in [6, 6.07) is 7.31. The lowest BCUT2D eigenvalue weighted by Gasteiger charge is -2.30. The van der Waals surface area contributed by atoms with Crippen LogP contribution in [-0.2, 0) is 14.3 Å². The van der Waals surface area contributed by atoms with Gasteiger partial charge in [-0.25, -0.2) is 4.79 Å². The maximum atomic E-state index is 12.8. The summed E-state index contributed by atoms with van der Waals surface area (Å²) in [4.78, 5) is 26.5. The SMILES string of the molecule is CCCN(C[C@@H]1CCCCO1)C(=O)C[C@@H]1OC(=O)c2ccccc21. The summed E-state index contributed by atoms with van der Waals surface area (Å²) >= 11 is 0. The number of hydrogen-bond acceptors (Lipinski definition) is 4. The van der Waals surface area contributed by atoms with Crippen LogP contribution in [0.3, 0.4) is 0 Å². The molecule has 2 atom stereocenters. The number of hydrogen-bond donors (Lipinski definition) is 0. The fourth-order valence-corrected chi connectivity index (χ4v) is 3.44. The lowest BCUT2D eigenvalue weighted by Crippen LogP contribution is -2.40. The van der Waals surface area contributed by atoms with E-state index in [4.69, 9.17) is 9.47 Å². The quantitative estimate of drug-likeness (QED) is 0.752. The van der Waals surface area contributed by atoms with Gasteiger partial charge in [-0.05, 0) is 31.7 Å². The van der Waals surface area contributed by atoms with E-state index >= 15 is 0 Å². The van der Waals surface area contributed by atoms with E-state index in [9.17, 15) is 9.59 Å². The maximum Gasteiger partial charge on any atom is 0.339 e. The Balaban J connectivity index is 1.64. The first kappa shape index (κ1) is 17.0. The number of carbonyl (C=O) groups excluding carboxylic acids is 2. The molecule has 5 nitrogen and oxygen atoms in total. The number of carbonyl (C=O) groups is 2. The molecule has 2 heterocycles. The van der Waals surface area contributed by atoms with Gasteiger partial charge in [0.1, 0.15) is 6.10 Å². The molecule has 2 aliphatic rings. The molecule has 5 heteroatoms. The monoisotopic (exact) mass is 331 g/mol. The third-order valence-corrected chi connectivity index (χ3v) is 4.68. The zero-order valence-corrected chi connectivity index (χ0v) is 14.2. The summed E-state index contributed by atoms with van der Waals surface area (Å²) in [5.41, 5.74) is 1.40. The van der Waals surface area contributed by atoms with Crippen molar-refractivity contribution in [1.82, 2.24) is 4.90 Å². The summed E-state index contributed by atoms with van der Waals surface area (Å²) in [6.45, 7) is 4.19. The van der Waals surface area contributed by atoms with Gasteiger partial charge in [0.15, 0.2) is 0 Å². The Labute approximate surface area is 142 Å². The number of ether oxygens (including phenoxy) is 2. The van der Waals surface area contributed by atoms with Crippen LogP contribution < -0.4 is 0 Å². The van der Waals surface area contributed by atoms with Gasteiger partial charge in [-0.1, -0.05) is 25.1 Å². The van der Waals surface area contributed by atoms with Crippen molar-refractivity contribution in [2.45, 2.75) is 51.2 Å². The Bertz CT molecular complexity index is 595. The van der Waals surface area contributed by atoms with Gasteiger partial charge in [0.05, 0.1) is 18.1 Å². The van der Waals surface area contributed by atoms with Crippen molar-refractivity contribution in [3.05, 3.63) is 35.4 Å². The van der Waals surface area contributed by atoms with E-state index in [-0.39, 0.29) is 24.4 Å². The zero-order chi connectivity index (χ0) is 16.9. The predicted molar refractivity (Wildman–Crippen MR) is 89.7 cm³/mol. The number of esters is 1. The van der Waals surface area contributed by atoms with Crippen LogP contribution in [0.5, 0.6) is 0 Å². The molecule has 0 N–H and O–H groups in total. The van der Waals surface area contributed by atoms with Gasteiger partial charge in [0, 0.05) is 25.3 Å². The molecule has 1 amide bonds. The standard InChI is InChI=1S/C19H25NO4/c1-2-10-20(13-14-7-5-6-11-23-14)18(21)12-17-15-8-3-4-9-16(15)19(22)24-17/h3-4,8-9,14,17H,2,5-7,10-13H2,1H3/t14-,17-/m0/s1. The number of benzene rings is 1. The highest BCUT2D eigenvalue weighted by Crippen LogP contribution is 2.33. The van der Waals surface area contributed by atoms with Gasteiger partial charge >= 0.3 is 5.97 Å². The average molecular weight is 331 g/mol. The third-order valence-electron chi connectivity index (χ3n) is 4.68. The molecule has 24 heavy (non-hydrogen) atoms. The Kier molecular flexibility index (Phi) is 5.51. The van der Waals surface area contributed by atoms with Crippen molar-refractivity contribution in [2.24, 2.45) is 0 Å². The molecule has 1 aromatic carbocycles. The van der Waals surface area contributed by atoms with Crippen molar-refractivity contribution in [1.29, 1.82) is 0 Å². The number of rotatable bonds is 6. The largest absolute Gasteiger partial charge is 0.453 e. The fraction of sp³-hybridized carbons (Fsp3) is 0.579. The second-order valence-electron chi connectivity index (χ2n) is 6.51. The van der Waals surface area contributed by atoms with E-state index in [1.165, 1.54) is 0 Å². The van der Waals surface area contributed by atoms with Crippen LogP contribution in [0, 0.1) is 0 Å². The highest BCUT2D eigenvalue weighted by molar-refractivity contribution is 5.94. The first-order chi connectivity index (χ1) is 11.7. The summed E-state index contributed by atoms with van der Waals surface area (Å²) in [5, 5.41) is 0. The zero-order valence-electron chi connectivity index (χ0n) is 14.2. The molecule has 0 radical (unpaired) electrons. The van der Waals surface area contributed by atoms with Gasteiger partial charge in [-0.3, -0.25) is 4.79 Å². The minimum Gasteiger partial charge on any atom is -0.453 e. The lowest BCUT2D eigenvalue weighted by molar-refractivity contribution is -0.136. The Morgan fingerprint density at radius 2 is 2.12 bits per heavy atom. The van der Waals surface area contributed by atoms with Gasteiger partial charge in [-0.15, -0.1) is 0 Å². The van der Waals surface area contributed by atoms with Gasteiger partial charge in [0.2, 0.25) is 5.91 Å². The second-order valence-corrected chi connectivity index (χ2v) is 6.51. The smallest absolute Gasteiger partial charge is 0.339 e. The lowest BCUT2D eigenvalue weighted by atomic mass is 10.0. The van der Waals surface area contributed by atoms with E-state index < -0.39 is 6.10 Å². The van der Waals surface area contributed by atoms with Crippen molar-refractivity contribution in [3.8, 4) is 0 Å². The van der Waals surface area contributed by atoms with Crippen LogP contribution in [0.25, 0.3) is 0 Å². The molecule has 0 saturated carbocycles. The van der Waals surface area contributed by atoms with Crippen molar-refractivity contribution in [2.75, 3.05) is 19.7 Å². The van der Waals surface area contributed by atoms with E-state index in [0.717, 1.165) is 37.9 Å². The minimum atomic E-state index is -0.465. The highest BCUT2D eigenvalue weighted by Gasteiger charge is 2.33. The first-order valence-corrected chi connectivity index (χ1v) is 8.88. The van der Waals surface area contributed by atoms with Gasteiger partial charge in [-0.2, -0.15) is 0 Å². The van der Waals surface area contributed by atoms with E-state index in [0.29, 0.717) is 18.7 Å². The Morgan fingerprint density at radius 1 is 1.29 bits per heavy atom. The molecular weight excluding hydrogens is 306 g/mol. The Morgan fingerprint density at radius 3 is 2.88 bits per heavy atom. The number of amides is 1. The predicted octanol–water partition coefficient (Wildman–Crippen LogP) is 3.10. The second kappa shape index (κ2) is 7.79. The topological polar surface area (TPSA) is 55.8 Å². The van der Waals surface area contributed by atoms with Crippen LogP contribution in [0.1, 0.15) is 61.1 Å².